The van der Waals surface area contributed by atoms with E-state index >= 15 is 0 Å². The van der Waals surface area contributed by atoms with Gasteiger partial charge in [-0.2, -0.15) is 0 Å². The molecule has 0 radical (unpaired) electrons. The Balaban J connectivity index is 1.45. The number of fused-ring (bicyclic) bond motifs is 1. The van der Waals surface area contributed by atoms with Gasteiger partial charge in [0.25, 0.3) is 11.5 Å². The number of nitrogens with one attached hydrogen (secondary N) is 1. The van der Waals surface area contributed by atoms with Crippen molar-refractivity contribution in [2.75, 3.05) is 11.9 Å². The maximum atomic E-state index is 13.4. The van der Waals surface area contributed by atoms with Crippen LogP contribution in [-0.2, 0) is 11.3 Å². The fourth-order valence-corrected chi connectivity index (χ4v) is 5.48. The largest absolute Gasteiger partial charge is 0.369 e. The van der Waals surface area contributed by atoms with Crippen LogP contribution in [0.25, 0.3) is 11.7 Å². The minimum atomic E-state index is -0.251. The number of amides is 1. The number of aromatic nitrogens is 4. The monoisotopic (exact) mass is 516 g/mol. The second kappa shape index (κ2) is 10.5. The lowest BCUT2D eigenvalue weighted by atomic mass is 10.1. The van der Waals surface area contributed by atoms with Crippen molar-refractivity contribution in [3.63, 3.8) is 0 Å². The highest BCUT2D eigenvalue weighted by atomic mass is 32.2. The standard InChI is InChI=1S/C26H24N6O2S2/c1-18(19-8-3-2-4-9-19)32-25(34)21(36-26(32)35)16-20-23(28-11-7-13-30-15-12-27-17-30)29-22-10-5-6-14-31(22)24(20)33/h2-6,8-10,12,14-18,28H,7,11,13H2,1H3/b21-16-/t18-/m1/s1. The molecular formula is C26H24N6O2S2. The summed E-state index contributed by atoms with van der Waals surface area (Å²) in [6.07, 6.45) is 9.51. The first kappa shape index (κ1) is 24.0. The Morgan fingerprint density at radius 1 is 1.11 bits per heavy atom. The molecule has 1 aliphatic rings. The zero-order valence-corrected chi connectivity index (χ0v) is 21.2. The predicted molar refractivity (Wildman–Crippen MR) is 147 cm³/mol. The summed E-state index contributed by atoms with van der Waals surface area (Å²) < 4.78 is 3.94. The number of aryl methyl sites for hydroxylation is 1. The van der Waals surface area contributed by atoms with E-state index in [1.54, 1.807) is 41.8 Å². The second-order valence-electron chi connectivity index (χ2n) is 8.33. The maximum absolute atomic E-state index is 13.4. The van der Waals surface area contributed by atoms with Crippen LogP contribution in [0.5, 0.6) is 0 Å². The van der Waals surface area contributed by atoms with Gasteiger partial charge in [-0.15, -0.1) is 0 Å². The molecule has 1 amide bonds. The number of thiocarbonyl (C=S) groups is 1. The summed E-state index contributed by atoms with van der Waals surface area (Å²) in [7, 11) is 0. The smallest absolute Gasteiger partial charge is 0.267 e. The van der Waals surface area contributed by atoms with E-state index in [0.717, 1.165) is 18.5 Å². The van der Waals surface area contributed by atoms with E-state index < -0.39 is 0 Å². The normalized spacial score (nSPS) is 15.7. The number of hydrogen-bond donors (Lipinski definition) is 1. The fraction of sp³-hybridized carbons (Fsp3) is 0.192. The van der Waals surface area contributed by atoms with Crippen molar-refractivity contribution >= 4 is 51.7 Å². The third-order valence-corrected chi connectivity index (χ3v) is 7.31. The van der Waals surface area contributed by atoms with Gasteiger partial charge in [-0.3, -0.25) is 18.9 Å². The van der Waals surface area contributed by atoms with E-state index in [0.29, 0.717) is 32.8 Å². The van der Waals surface area contributed by atoms with Crippen LogP contribution in [0.15, 0.2) is 83.1 Å². The van der Waals surface area contributed by atoms with E-state index in [2.05, 4.69) is 15.3 Å². The number of pyridine rings is 1. The van der Waals surface area contributed by atoms with E-state index in [-0.39, 0.29) is 17.5 Å². The van der Waals surface area contributed by atoms with Gasteiger partial charge in [0.1, 0.15) is 15.8 Å². The molecule has 0 aliphatic carbocycles. The maximum Gasteiger partial charge on any atom is 0.267 e. The lowest BCUT2D eigenvalue weighted by Crippen LogP contribution is -2.31. The van der Waals surface area contributed by atoms with Crippen molar-refractivity contribution in [2.24, 2.45) is 0 Å². The van der Waals surface area contributed by atoms with Crippen molar-refractivity contribution in [1.29, 1.82) is 0 Å². The summed E-state index contributed by atoms with van der Waals surface area (Å²) in [6.45, 7) is 3.33. The first-order valence-corrected chi connectivity index (χ1v) is 12.8. The minimum Gasteiger partial charge on any atom is -0.369 e. The second-order valence-corrected chi connectivity index (χ2v) is 10.0. The molecule has 4 heterocycles. The van der Waals surface area contributed by atoms with Gasteiger partial charge in [-0.25, -0.2) is 9.97 Å². The molecule has 8 nitrogen and oxygen atoms in total. The molecular weight excluding hydrogens is 492 g/mol. The molecule has 1 aliphatic heterocycles. The highest BCUT2D eigenvalue weighted by molar-refractivity contribution is 8.26. The number of carbonyl (C=O) groups is 1. The number of benzene rings is 1. The summed E-state index contributed by atoms with van der Waals surface area (Å²) in [6, 6.07) is 14.9. The van der Waals surface area contributed by atoms with Crippen molar-refractivity contribution in [3.05, 3.63) is 99.8 Å². The van der Waals surface area contributed by atoms with Gasteiger partial charge in [0.05, 0.1) is 22.8 Å². The van der Waals surface area contributed by atoms with Crippen LogP contribution in [0.2, 0.25) is 0 Å². The van der Waals surface area contributed by atoms with Crippen LogP contribution in [0.4, 0.5) is 5.82 Å². The average Bonchev–Trinajstić information content (AvgIpc) is 3.51. The molecule has 0 unspecified atom stereocenters. The van der Waals surface area contributed by atoms with Crippen LogP contribution >= 0.6 is 24.0 Å². The van der Waals surface area contributed by atoms with Gasteiger partial charge in [0.2, 0.25) is 0 Å². The topological polar surface area (TPSA) is 84.5 Å². The number of hydrogen-bond acceptors (Lipinski definition) is 7. The molecule has 1 N–H and O–H groups in total. The third-order valence-electron chi connectivity index (χ3n) is 5.98. The van der Waals surface area contributed by atoms with Crippen molar-refractivity contribution in [3.8, 4) is 0 Å². The lowest BCUT2D eigenvalue weighted by Gasteiger charge is -2.23. The molecule has 36 heavy (non-hydrogen) atoms. The summed E-state index contributed by atoms with van der Waals surface area (Å²) in [5.74, 6) is 0.225. The lowest BCUT2D eigenvalue weighted by molar-refractivity contribution is -0.123. The zero-order chi connectivity index (χ0) is 25.1. The first-order chi connectivity index (χ1) is 17.5. The van der Waals surface area contributed by atoms with Crippen LogP contribution < -0.4 is 10.9 Å². The third kappa shape index (κ3) is 4.82. The Kier molecular flexibility index (Phi) is 6.97. The highest BCUT2D eigenvalue weighted by Gasteiger charge is 2.36. The van der Waals surface area contributed by atoms with Gasteiger partial charge in [0, 0.05) is 31.7 Å². The molecule has 10 heteroatoms. The Bertz CT molecular complexity index is 1500. The number of rotatable bonds is 8. The van der Waals surface area contributed by atoms with Crippen molar-refractivity contribution in [1.82, 2.24) is 23.8 Å². The molecule has 4 aromatic rings. The molecule has 1 atom stereocenters. The summed E-state index contributed by atoms with van der Waals surface area (Å²) in [5.41, 5.74) is 1.60. The quantitative estimate of drug-likeness (QED) is 0.212. The molecule has 0 saturated carbocycles. The van der Waals surface area contributed by atoms with E-state index in [1.165, 1.54) is 16.2 Å². The Morgan fingerprint density at radius 3 is 2.69 bits per heavy atom. The molecule has 1 saturated heterocycles. The number of anilines is 1. The first-order valence-electron chi connectivity index (χ1n) is 11.6. The zero-order valence-electron chi connectivity index (χ0n) is 19.6. The van der Waals surface area contributed by atoms with Gasteiger partial charge >= 0.3 is 0 Å². The minimum absolute atomic E-state index is 0.218. The average molecular weight is 517 g/mol. The molecule has 182 valence electrons. The molecule has 0 bridgehead atoms. The number of nitrogens with zero attached hydrogens (tertiary/aromatic N) is 5. The van der Waals surface area contributed by atoms with Crippen LogP contribution in [0.1, 0.15) is 30.5 Å². The van der Waals surface area contributed by atoms with Crippen molar-refractivity contribution < 1.29 is 4.79 Å². The van der Waals surface area contributed by atoms with Crippen molar-refractivity contribution in [2.45, 2.75) is 25.9 Å². The summed E-state index contributed by atoms with van der Waals surface area (Å²) in [4.78, 5) is 37.6. The molecule has 1 fully saturated rings. The summed E-state index contributed by atoms with van der Waals surface area (Å²) >= 11 is 6.76. The van der Waals surface area contributed by atoms with E-state index in [9.17, 15) is 9.59 Å². The van der Waals surface area contributed by atoms with Gasteiger partial charge < -0.3 is 9.88 Å². The number of carbonyl (C=O) groups excluding carboxylic acids is 1. The SMILES string of the molecule is C[C@H](c1ccccc1)N1C(=O)/C(=C/c2c(NCCCn3ccnc3)nc3ccccn3c2=O)SC1=S. The highest BCUT2D eigenvalue weighted by Crippen LogP contribution is 2.38. The summed E-state index contributed by atoms with van der Waals surface area (Å²) in [5, 5.41) is 3.30. The van der Waals surface area contributed by atoms with Crippen LogP contribution in [0.3, 0.4) is 0 Å². The molecule has 0 spiro atoms. The van der Waals surface area contributed by atoms with Crippen LogP contribution in [-0.4, -0.2) is 40.6 Å². The van der Waals surface area contributed by atoms with Crippen LogP contribution in [0, 0.1) is 0 Å². The Morgan fingerprint density at radius 2 is 1.92 bits per heavy atom. The fourth-order valence-electron chi connectivity index (χ4n) is 4.08. The molecule has 3 aromatic heterocycles. The predicted octanol–water partition coefficient (Wildman–Crippen LogP) is 4.36. The number of imidazole rings is 1. The molecule has 1 aromatic carbocycles. The Labute approximate surface area is 217 Å². The van der Waals surface area contributed by atoms with Gasteiger partial charge in [-0.1, -0.05) is 60.4 Å². The van der Waals surface area contributed by atoms with E-state index in [1.807, 2.05) is 54.1 Å². The van der Waals surface area contributed by atoms with Gasteiger partial charge in [-0.05, 0) is 37.1 Å². The Hall–Kier alpha value is -3.76. The molecule has 5 rings (SSSR count). The van der Waals surface area contributed by atoms with Gasteiger partial charge in [0.15, 0.2) is 0 Å². The number of thioether (sulfide) groups is 1. The van der Waals surface area contributed by atoms with E-state index in [4.69, 9.17) is 12.2 Å².